The lowest BCUT2D eigenvalue weighted by atomic mass is 10.1. The lowest BCUT2D eigenvalue weighted by Crippen LogP contribution is -2.11. The van der Waals surface area contributed by atoms with E-state index in [4.69, 9.17) is 0 Å². The Bertz CT molecular complexity index is 390. The summed E-state index contributed by atoms with van der Waals surface area (Å²) >= 11 is 0. The van der Waals surface area contributed by atoms with Crippen molar-refractivity contribution in [2.24, 2.45) is 0 Å². The molecule has 0 aliphatic carbocycles. The highest BCUT2D eigenvalue weighted by Gasteiger charge is 2.15. The van der Waals surface area contributed by atoms with E-state index in [1.165, 1.54) is 13.2 Å². The first-order valence-electron chi connectivity index (χ1n) is 4.88. The molecular weight excluding hydrogens is 210 g/mol. The molecule has 5 nitrogen and oxygen atoms in total. The third kappa shape index (κ3) is 2.64. The number of likely N-dealkylation sites (N-methyl/N-ethyl adjacent to an activating group) is 1. The highest BCUT2D eigenvalue weighted by molar-refractivity contribution is 5.92. The van der Waals surface area contributed by atoms with Crippen LogP contribution in [0.2, 0.25) is 0 Å². The van der Waals surface area contributed by atoms with E-state index in [0.717, 1.165) is 6.07 Å². The van der Waals surface area contributed by atoms with Crippen LogP contribution in [0.1, 0.15) is 15.9 Å². The van der Waals surface area contributed by atoms with Gasteiger partial charge in [0, 0.05) is 6.07 Å². The molecule has 0 fully saturated rings. The number of nitrogens with one attached hydrogen (secondary N) is 1. The minimum atomic E-state index is -0.622. The number of benzene rings is 1. The Labute approximate surface area is 93.7 Å². The number of carbonyl (C=O) groups is 1. The topological polar surface area (TPSA) is 78.8 Å². The van der Waals surface area contributed by atoms with E-state index in [0.29, 0.717) is 18.5 Å². The largest absolute Gasteiger partial charge is 0.508 e. The molecule has 16 heavy (non-hydrogen) atoms. The maximum atomic E-state index is 11.3. The number of aromatic hydroxyl groups is 2. The van der Waals surface area contributed by atoms with E-state index < -0.39 is 5.97 Å². The van der Waals surface area contributed by atoms with E-state index in [2.05, 4.69) is 10.1 Å². The number of hydrogen-bond donors (Lipinski definition) is 3. The monoisotopic (exact) mass is 225 g/mol. The highest BCUT2D eigenvalue weighted by atomic mass is 16.5. The van der Waals surface area contributed by atoms with Gasteiger partial charge in [-0.1, -0.05) is 0 Å². The molecule has 0 aliphatic heterocycles. The number of rotatable bonds is 4. The summed E-state index contributed by atoms with van der Waals surface area (Å²) < 4.78 is 4.52. The normalized spacial score (nSPS) is 10.1. The van der Waals surface area contributed by atoms with Gasteiger partial charge in [0.05, 0.1) is 7.11 Å². The van der Waals surface area contributed by atoms with Gasteiger partial charge < -0.3 is 20.3 Å². The molecule has 3 N–H and O–H groups in total. The van der Waals surface area contributed by atoms with Gasteiger partial charge in [-0.25, -0.2) is 4.79 Å². The van der Waals surface area contributed by atoms with Crippen molar-refractivity contribution >= 4 is 5.97 Å². The van der Waals surface area contributed by atoms with Crippen molar-refractivity contribution in [1.29, 1.82) is 0 Å². The van der Waals surface area contributed by atoms with Gasteiger partial charge in [0.25, 0.3) is 0 Å². The predicted molar refractivity (Wildman–Crippen MR) is 58.7 cm³/mol. The number of methoxy groups -OCH3 is 1. The summed E-state index contributed by atoms with van der Waals surface area (Å²) in [6.07, 6.45) is 0.562. The van der Waals surface area contributed by atoms with Gasteiger partial charge in [0.2, 0.25) is 0 Å². The maximum absolute atomic E-state index is 11.3. The fourth-order valence-electron chi connectivity index (χ4n) is 1.36. The fourth-order valence-corrected chi connectivity index (χ4v) is 1.36. The number of phenols is 2. The lowest BCUT2D eigenvalue weighted by Gasteiger charge is -2.08. The molecule has 1 aromatic carbocycles. The SMILES string of the molecule is CNCCc1cc(C(=O)OC)c(O)cc1O. The molecule has 0 spiro atoms. The van der Waals surface area contributed by atoms with Crippen LogP contribution in [0, 0.1) is 0 Å². The van der Waals surface area contributed by atoms with Gasteiger partial charge in [-0.2, -0.15) is 0 Å². The molecule has 0 saturated carbocycles. The molecule has 0 amide bonds. The zero-order chi connectivity index (χ0) is 12.1. The van der Waals surface area contributed by atoms with Crippen molar-refractivity contribution in [2.45, 2.75) is 6.42 Å². The Morgan fingerprint density at radius 3 is 2.62 bits per heavy atom. The number of ether oxygens (including phenoxy) is 1. The Morgan fingerprint density at radius 1 is 1.38 bits per heavy atom. The van der Waals surface area contributed by atoms with Crippen LogP contribution in [0.15, 0.2) is 12.1 Å². The first kappa shape index (κ1) is 12.3. The third-order valence-corrected chi connectivity index (χ3v) is 2.25. The molecule has 0 bridgehead atoms. The first-order chi connectivity index (χ1) is 7.60. The second kappa shape index (κ2) is 5.37. The summed E-state index contributed by atoms with van der Waals surface area (Å²) in [5, 5.41) is 22.0. The van der Waals surface area contributed by atoms with Gasteiger partial charge in [0.15, 0.2) is 0 Å². The number of carbonyl (C=O) groups excluding carboxylic acids is 1. The van der Waals surface area contributed by atoms with Crippen molar-refractivity contribution in [3.05, 3.63) is 23.3 Å². The molecule has 88 valence electrons. The van der Waals surface area contributed by atoms with Crippen molar-refractivity contribution in [1.82, 2.24) is 5.32 Å². The van der Waals surface area contributed by atoms with Crippen molar-refractivity contribution < 1.29 is 19.7 Å². The van der Waals surface area contributed by atoms with Gasteiger partial charge in [-0.05, 0) is 31.6 Å². The zero-order valence-corrected chi connectivity index (χ0v) is 9.28. The minimum Gasteiger partial charge on any atom is -0.508 e. The van der Waals surface area contributed by atoms with Crippen LogP contribution in [-0.4, -0.2) is 36.9 Å². The molecule has 0 aromatic heterocycles. The van der Waals surface area contributed by atoms with Gasteiger partial charge in [0.1, 0.15) is 17.1 Å². The zero-order valence-electron chi connectivity index (χ0n) is 9.28. The second-order valence-electron chi connectivity index (χ2n) is 3.34. The van der Waals surface area contributed by atoms with Crippen LogP contribution in [0.3, 0.4) is 0 Å². The van der Waals surface area contributed by atoms with Gasteiger partial charge in [-0.3, -0.25) is 0 Å². The Hall–Kier alpha value is -1.75. The molecule has 1 aromatic rings. The summed E-state index contributed by atoms with van der Waals surface area (Å²) in [6, 6.07) is 2.59. The van der Waals surface area contributed by atoms with E-state index in [1.807, 2.05) is 0 Å². The number of esters is 1. The van der Waals surface area contributed by atoms with E-state index in [9.17, 15) is 15.0 Å². The summed E-state index contributed by atoms with van der Waals surface area (Å²) in [5.74, 6) is -0.929. The molecule has 1 rings (SSSR count). The average Bonchev–Trinajstić information content (AvgIpc) is 2.27. The molecule has 5 heteroatoms. The summed E-state index contributed by atoms with van der Waals surface area (Å²) in [4.78, 5) is 11.3. The number of phenolic OH excluding ortho intramolecular Hbond substituents is 2. The van der Waals surface area contributed by atoms with E-state index in [-0.39, 0.29) is 17.1 Å². The quantitative estimate of drug-likeness (QED) is 0.655. The molecule has 0 aliphatic rings. The molecule has 0 heterocycles. The van der Waals surface area contributed by atoms with Crippen LogP contribution in [0.5, 0.6) is 11.5 Å². The standard InChI is InChI=1S/C11H15NO4/c1-12-4-3-7-5-8(11(15)16-2)10(14)6-9(7)13/h5-6,12-14H,3-4H2,1-2H3. The smallest absolute Gasteiger partial charge is 0.341 e. The van der Waals surface area contributed by atoms with Gasteiger partial charge >= 0.3 is 5.97 Å². The first-order valence-corrected chi connectivity index (χ1v) is 4.88. The average molecular weight is 225 g/mol. The highest BCUT2D eigenvalue weighted by Crippen LogP contribution is 2.28. The van der Waals surface area contributed by atoms with Crippen LogP contribution in [-0.2, 0) is 11.2 Å². The third-order valence-electron chi connectivity index (χ3n) is 2.25. The van der Waals surface area contributed by atoms with Crippen LogP contribution < -0.4 is 5.32 Å². The van der Waals surface area contributed by atoms with E-state index >= 15 is 0 Å². The predicted octanol–water partition coefficient (Wildman–Crippen LogP) is 0.646. The van der Waals surface area contributed by atoms with Crippen LogP contribution in [0.25, 0.3) is 0 Å². The molecule has 0 unspecified atom stereocenters. The summed E-state index contributed by atoms with van der Waals surface area (Å²) in [7, 11) is 3.03. The Morgan fingerprint density at radius 2 is 2.06 bits per heavy atom. The Kier molecular flexibility index (Phi) is 4.13. The van der Waals surface area contributed by atoms with E-state index in [1.54, 1.807) is 7.05 Å². The summed E-state index contributed by atoms with van der Waals surface area (Å²) in [6.45, 7) is 0.666. The Balaban J connectivity index is 3.06. The maximum Gasteiger partial charge on any atom is 0.341 e. The molecule has 0 saturated heterocycles. The molecular formula is C11H15NO4. The van der Waals surface area contributed by atoms with Gasteiger partial charge in [-0.15, -0.1) is 0 Å². The molecule has 0 radical (unpaired) electrons. The minimum absolute atomic E-state index is 0.0274. The van der Waals surface area contributed by atoms with Crippen molar-refractivity contribution in [2.75, 3.05) is 20.7 Å². The second-order valence-corrected chi connectivity index (χ2v) is 3.34. The van der Waals surface area contributed by atoms with Crippen molar-refractivity contribution in [3.8, 4) is 11.5 Å². The fraction of sp³-hybridized carbons (Fsp3) is 0.364. The lowest BCUT2D eigenvalue weighted by molar-refractivity contribution is 0.0597. The number of hydrogen-bond acceptors (Lipinski definition) is 5. The van der Waals surface area contributed by atoms with Crippen LogP contribution >= 0.6 is 0 Å². The summed E-state index contributed by atoms with van der Waals surface area (Å²) in [5.41, 5.74) is 0.652. The molecule has 0 atom stereocenters. The van der Waals surface area contributed by atoms with Crippen LogP contribution in [0.4, 0.5) is 0 Å². The van der Waals surface area contributed by atoms with Crippen molar-refractivity contribution in [3.63, 3.8) is 0 Å².